The number of carbonyl (C=O) groups is 3. The minimum absolute atomic E-state index is 0.168. The molecule has 1 N–H and O–H groups in total. The minimum atomic E-state index is -1.02. The Kier molecular flexibility index (Phi) is 5.98. The van der Waals surface area contributed by atoms with Gasteiger partial charge in [0.25, 0.3) is 0 Å². The largest absolute Gasteiger partial charge is 0.492 e. The van der Waals surface area contributed by atoms with Crippen molar-refractivity contribution in [3.05, 3.63) is 51.3 Å². The van der Waals surface area contributed by atoms with Crippen molar-refractivity contribution in [1.29, 1.82) is 0 Å². The van der Waals surface area contributed by atoms with Gasteiger partial charge in [-0.15, -0.1) is 0 Å². The molecule has 3 rings (SSSR count). The van der Waals surface area contributed by atoms with Crippen molar-refractivity contribution in [2.45, 2.75) is 33.3 Å². The number of halogens is 1. The van der Waals surface area contributed by atoms with Gasteiger partial charge in [-0.05, 0) is 56.5 Å². The van der Waals surface area contributed by atoms with Crippen molar-refractivity contribution in [2.75, 3.05) is 13.7 Å². The zero-order valence-corrected chi connectivity index (χ0v) is 17.4. The number of carbonyl (C=O) groups excluding carboxylic acids is 3. The number of fused-ring (bicyclic) bond motifs is 1. The summed E-state index contributed by atoms with van der Waals surface area (Å²) in [5.41, 5.74) is 2.34. The molecule has 0 spiro atoms. The highest BCUT2D eigenvalue weighted by atomic mass is 35.5. The summed E-state index contributed by atoms with van der Waals surface area (Å²) in [6, 6.07) is 5.24. The van der Waals surface area contributed by atoms with Crippen LogP contribution in [0.15, 0.2) is 18.2 Å². The number of methoxy groups -OCH3 is 1. The molecule has 0 aliphatic carbocycles. The molecule has 154 valence electrons. The highest BCUT2D eigenvalue weighted by molar-refractivity contribution is 6.30. The van der Waals surface area contributed by atoms with Crippen molar-refractivity contribution in [3.8, 4) is 5.75 Å². The number of aryl methyl sites for hydroxylation is 1. The SMILES string of the molecule is COC(=O)c1c(C)[nH]c(C(=O)[C@H](C)OC(=O)[C@@H]2COc3ccc(Cl)cc3C2)c1C. The predicted molar refractivity (Wildman–Crippen MR) is 106 cm³/mol. The van der Waals surface area contributed by atoms with E-state index < -0.39 is 29.7 Å². The van der Waals surface area contributed by atoms with E-state index in [0.717, 1.165) is 5.56 Å². The number of Topliss-reactive ketones (excluding diaryl/α,β-unsaturated/α-hetero) is 1. The average Bonchev–Trinajstić information content (AvgIpc) is 3.00. The number of esters is 2. The van der Waals surface area contributed by atoms with Gasteiger partial charge in [0.05, 0.1) is 24.3 Å². The van der Waals surface area contributed by atoms with E-state index in [1.54, 1.807) is 32.0 Å². The van der Waals surface area contributed by atoms with E-state index in [-0.39, 0.29) is 12.3 Å². The van der Waals surface area contributed by atoms with Gasteiger partial charge in [-0.2, -0.15) is 0 Å². The Morgan fingerprint density at radius 2 is 2.00 bits per heavy atom. The van der Waals surface area contributed by atoms with Crippen LogP contribution in [-0.4, -0.2) is 42.5 Å². The van der Waals surface area contributed by atoms with Crippen molar-refractivity contribution in [2.24, 2.45) is 5.92 Å². The molecule has 1 aromatic carbocycles. The van der Waals surface area contributed by atoms with E-state index >= 15 is 0 Å². The van der Waals surface area contributed by atoms with Crippen LogP contribution in [0.25, 0.3) is 0 Å². The van der Waals surface area contributed by atoms with Crippen LogP contribution in [0.5, 0.6) is 5.75 Å². The fourth-order valence-electron chi connectivity index (χ4n) is 3.45. The van der Waals surface area contributed by atoms with Crippen LogP contribution >= 0.6 is 11.6 Å². The van der Waals surface area contributed by atoms with Crippen molar-refractivity contribution >= 4 is 29.3 Å². The molecule has 2 atom stereocenters. The lowest BCUT2D eigenvalue weighted by atomic mass is 9.97. The molecule has 1 aliphatic heterocycles. The number of hydrogen-bond donors (Lipinski definition) is 1. The lowest BCUT2D eigenvalue weighted by Crippen LogP contribution is -2.34. The van der Waals surface area contributed by atoms with E-state index in [4.69, 9.17) is 25.8 Å². The summed E-state index contributed by atoms with van der Waals surface area (Å²) in [6.07, 6.45) is -0.603. The number of nitrogens with one attached hydrogen (secondary N) is 1. The Labute approximate surface area is 173 Å². The van der Waals surface area contributed by atoms with E-state index in [1.807, 2.05) is 0 Å². The lowest BCUT2D eigenvalue weighted by molar-refractivity contribution is -0.152. The summed E-state index contributed by atoms with van der Waals surface area (Å²) >= 11 is 6.01. The molecule has 0 unspecified atom stereocenters. The number of rotatable bonds is 5. The van der Waals surface area contributed by atoms with Crippen molar-refractivity contribution in [3.63, 3.8) is 0 Å². The van der Waals surface area contributed by atoms with Crippen LogP contribution in [0, 0.1) is 19.8 Å². The van der Waals surface area contributed by atoms with E-state index in [2.05, 4.69) is 4.98 Å². The predicted octanol–water partition coefficient (Wildman–Crippen LogP) is 3.44. The van der Waals surface area contributed by atoms with Gasteiger partial charge in [0, 0.05) is 10.7 Å². The van der Waals surface area contributed by atoms with Gasteiger partial charge in [-0.25, -0.2) is 4.79 Å². The smallest absolute Gasteiger partial charge is 0.339 e. The molecule has 1 aromatic heterocycles. The van der Waals surface area contributed by atoms with Gasteiger partial charge in [-0.1, -0.05) is 11.6 Å². The molecule has 2 heterocycles. The average molecular weight is 420 g/mol. The normalized spacial score (nSPS) is 16.4. The number of ether oxygens (including phenoxy) is 3. The highest BCUT2D eigenvalue weighted by Crippen LogP contribution is 2.30. The third-order valence-electron chi connectivity index (χ3n) is 5.00. The third kappa shape index (κ3) is 4.15. The van der Waals surface area contributed by atoms with Crippen LogP contribution < -0.4 is 4.74 Å². The molecule has 0 saturated heterocycles. The van der Waals surface area contributed by atoms with E-state index in [9.17, 15) is 14.4 Å². The van der Waals surface area contributed by atoms with Crippen LogP contribution in [-0.2, 0) is 20.7 Å². The Balaban J connectivity index is 1.70. The third-order valence-corrected chi connectivity index (χ3v) is 5.23. The number of aromatic amines is 1. The molecule has 2 aromatic rings. The zero-order valence-electron chi connectivity index (χ0n) is 16.6. The number of ketones is 1. The molecule has 0 saturated carbocycles. The summed E-state index contributed by atoms with van der Waals surface area (Å²) in [7, 11) is 1.28. The van der Waals surface area contributed by atoms with Gasteiger partial charge in [0.15, 0.2) is 6.10 Å². The summed E-state index contributed by atoms with van der Waals surface area (Å²) in [5.74, 6) is -1.32. The molecule has 7 nitrogen and oxygen atoms in total. The van der Waals surface area contributed by atoms with Gasteiger partial charge < -0.3 is 19.2 Å². The van der Waals surface area contributed by atoms with Crippen LogP contribution in [0.3, 0.4) is 0 Å². The van der Waals surface area contributed by atoms with Crippen molar-refractivity contribution in [1.82, 2.24) is 4.98 Å². The topological polar surface area (TPSA) is 94.7 Å². The van der Waals surface area contributed by atoms with E-state index in [0.29, 0.717) is 34.0 Å². The standard InChI is InChI=1S/C21H22ClNO6/c1-10-17(21(26)27-4)11(2)23-18(10)19(24)12(3)29-20(25)14-7-13-8-15(22)5-6-16(13)28-9-14/h5-6,8,12,14,23H,7,9H2,1-4H3/t12-,14-/m0/s1. The first-order chi connectivity index (χ1) is 13.7. The first-order valence-electron chi connectivity index (χ1n) is 9.16. The molecular formula is C21H22ClNO6. The highest BCUT2D eigenvalue weighted by Gasteiger charge is 2.32. The molecule has 0 bridgehead atoms. The summed E-state index contributed by atoms with van der Waals surface area (Å²) in [5, 5.41) is 0.559. The molecule has 1 aliphatic rings. The Bertz CT molecular complexity index is 980. The summed E-state index contributed by atoms with van der Waals surface area (Å²) < 4.78 is 15.8. The first kappa shape index (κ1) is 20.9. The van der Waals surface area contributed by atoms with Gasteiger partial charge >= 0.3 is 11.9 Å². The molecular weight excluding hydrogens is 398 g/mol. The fraction of sp³-hybridized carbons (Fsp3) is 0.381. The molecule has 0 amide bonds. The minimum Gasteiger partial charge on any atom is -0.492 e. The maximum absolute atomic E-state index is 12.8. The fourth-order valence-corrected chi connectivity index (χ4v) is 3.64. The van der Waals surface area contributed by atoms with Crippen LogP contribution in [0.2, 0.25) is 5.02 Å². The second kappa shape index (κ2) is 8.29. The monoisotopic (exact) mass is 419 g/mol. The second-order valence-electron chi connectivity index (χ2n) is 7.02. The van der Waals surface area contributed by atoms with Gasteiger partial charge in [0.1, 0.15) is 12.4 Å². The van der Waals surface area contributed by atoms with Gasteiger partial charge in [0.2, 0.25) is 5.78 Å². The Morgan fingerprint density at radius 3 is 2.69 bits per heavy atom. The Morgan fingerprint density at radius 1 is 1.28 bits per heavy atom. The quantitative estimate of drug-likeness (QED) is 0.589. The zero-order chi connectivity index (χ0) is 21.3. The van der Waals surface area contributed by atoms with Gasteiger partial charge in [-0.3, -0.25) is 9.59 Å². The van der Waals surface area contributed by atoms with Crippen LogP contribution in [0.1, 0.15) is 44.6 Å². The molecule has 0 radical (unpaired) electrons. The maximum atomic E-state index is 12.8. The number of H-pyrrole nitrogens is 1. The summed E-state index contributed by atoms with van der Waals surface area (Å²) in [6.45, 7) is 4.99. The number of hydrogen-bond acceptors (Lipinski definition) is 6. The number of aromatic nitrogens is 1. The summed E-state index contributed by atoms with van der Waals surface area (Å²) in [4.78, 5) is 40.2. The van der Waals surface area contributed by atoms with Crippen LogP contribution in [0.4, 0.5) is 0 Å². The molecule has 29 heavy (non-hydrogen) atoms. The number of benzene rings is 1. The second-order valence-corrected chi connectivity index (χ2v) is 7.46. The Hall–Kier alpha value is -2.80. The molecule has 8 heteroatoms. The first-order valence-corrected chi connectivity index (χ1v) is 9.54. The molecule has 0 fully saturated rings. The maximum Gasteiger partial charge on any atom is 0.339 e. The van der Waals surface area contributed by atoms with E-state index in [1.165, 1.54) is 14.0 Å². The lowest BCUT2D eigenvalue weighted by Gasteiger charge is -2.25. The van der Waals surface area contributed by atoms with Crippen molar-refractivity contribution < 1.29 is 28.6 Å².